The number of nitrogens with zero attached hydrogens (tertiary/aromatic N) is 2. The number of nitrogens with one attached hydrogen (secondary N) is 1. The Hall–Kier alpha value is -3.76. The van der Waals surface area contributed by atoms with Crippen molar-refractivity contribution in [3.63, 3.8) is 0 Å². The van der Waals surface area contributed by atoms with Crippen molar-refractivity contribution < 1.29 is 29.0 Å². The Bertz CT molecular complexity index is 1210. The van der Waals surface area contributed by atoms with Crippen LogP contribution >= 0.6 is 11.3 Å². The highest BCUT2D eigenvalue weighted by molar-refractivity contribution is 7.17. The van der Waals surface area contributed by atoms with Gasteiger partial charge in [-0.05, 0) is 22.3 Å². The van der Waals surface area contributed by atoms with Crippen LogP contribution in [0.5, 0.6) is 0 Å². The van der Waals surface area contributed by atoms with Crippen molar-refractivity contribution in [2.24, 2.45) is 0 Å². The molecular weight excluding hydrogens is 458 g/mol. The highest BCUT2D eigenvalue weighted by atomic mass is 32.1. The summed E-state index contributed by atoms with van der Waals surface area (Å²) in [5.74, 6) is -1.66. The van der Waals surface area contributed by atoms with Gasteiger partial charge >= 0.3 is 12.1 Å². The normalized spacial score (nSPS) is 17.1. The van der Waals surface area contributed by atoms with Crippen molar-refractivity contribution in [1.29, 1.82) is 0 Å². The third-order valence-corrected chi connectivity index (χ3v) is 6.84. The number of carboxylic acids is 1. The topological polar surface area (TPSA) is 118 Å². The predicted molar refractivity (Wildman–Crippen MR) is 124 cm³/mol. The van der Waals surface area contributed by atoms with Gasteiger partial charge in [-0.2, -0.15) is 0 Å². The van der Waals surface area contributed by atoms with E-state index in [1.165, 1.54) is 11.1 Å². The van der Waals surface area contributed by atoms with E-state index in [0.29, 0.717) is 0 Å². The van der Waals surface area contributed by atoms with E-state index in [2.05, 4.69) is 22.4 Å². The van der Waals surface area contributed by atoms with Gasteiger partial charge in [-0.1, -0.05) is 59.9 Å². The van der Waals surface area contributed by atoms with Crippen LogP contribution in [0.3, 0.4) is 0 Å². The van der Waals surface area contributed by atoms with Gasteiger partial charge in [-0.25, -0.2) is 14.6 Å². The second kappa shape index (κ2) is 9.24. The number of anilines is 1. The molecule has 1 aliphatic heterocycles. The molecule has 1 atom stereocenters. The maximum atomic E-state index is 12.8. The maximum absolute atomic E-state index is 12.8. The number of amides is 2. The van der Waals surface area contributed by atoms with Crippen LogP contribution in [0.4, 0.5) is 9.93 Å². The molecule has 2 amide bonds. The van der Waals surface area contributed by atoms with Crippen LogP contribution in [0.25, 0.3) is 11.1 Å². The van der Waals surface area contributed by atoms with E-state index < -0.39 is 24.0 Å². The summed E-state index contributed by atoms with van der Waals surface area (Å²) in [7, 11) is 0. The number of hydrogen-bond acceptors (Lipinski definition) is 7. The first-order chi connectivity index (χ1) is 16.5. The Kier molecular flexibility index (Phi) is 5.99. The SMILES string of the molecule is O=C(Nc1ncc(C(=O)N2CCOCC2C(=O)O)s1)OCC1c2ccccc2-c2ccccc21. The molecule has 3 aromatic rings. The van der Waals surface area contributed by atoms with Crippen molar-refractivity contribution in [2.45, 2.75) is 12.0 Å². The molecule has 0 radical (unpaired) electrons. The van der Waals surface area contributed by atoms with Crippen molar-refractivity contribution >= 4 is 34.4 Å². The van der Waals surface area contributed by atoms with Crippen LogP contribution in [0.2, 0.25) is 0 Å². The lowest BCUT2D eigenvalue weighted by atomic mass is 9.98. The third kappa shape index (κ3) is 4.13. The number of carbonyl (C=O) groups excluding carboxylic acids is 2. The van der Waals surface area contributed by atoms with Crippen LogP contribution < -0.4 is 5.32 Å². The van der Waals surface area contributed by atoms with E-state index in [9.17, 15) is 19.5 Å². The van der Waals surface area contributed by atoms with Crippen molar-refractivity contribution in [2.75, 3.05) is 31.7 Å². The van der Waals surface area contributed by atoms with Gasteiger partial charge in [0.25, 0.3) is 5.91 Å². The van der Waals surface area contributed by atoms with Crippen molar-refractivity contribution in [1.82, 2.24) is 9.88 Å². The number of carbonyl (C=O) groups is 3. The molecule has 34 heavy (non-hydrogen) atoms. The lowest BCUT2D eigenvalue weighted by Gasteiger charge is -2.32. The summed E-state index contributed by atoms with van der Waals surface area (Å²) in [6, 6.07) is 15.1. The number of rotatable bonds is 5. The Labute approximate surface area is 198 Å². The molecule has 1 aromatic heterocycles. The van der Waals surface area contributed by atoms with Gasteiger partial charge in [-0.15, -0.1) is 0 Å². The number of benzene rings is 2. The van der Waals surface area contributed by atoms with Gasteiger partial charge in [0, 0.05) is 12.5 Å². The van der Waals surface area contributed by atoms with Gasteiger partial charge in [0.05, 0.1) is 19.4 Å². The van der Waals surface area contributed by atoms with Gasteiger partial charge in [0.1, 0.15) is 11.5 Å². The molecule has 174 valence electrons. The number of aliphatic carboxylic acids is 1. The monoisotopic (exact) mass is 479 g/mol. The first-order valence-electron chi connectivity index (χ1n) is 10.7. The quantitative estimate of drug-likeness (QED) is 0.576. The minimum atomic E-state index is -1.13. The molecule has 1 saturated heterocycles. The average Bonchev–Trinajstić information content (AvgIpc) is 3.45. The van der Waals surface area contributed by atoms with Crippen molar-refractivity contribution in [3.05, 3.63) is 70.7 Å². The zero-order chi connectivity index (χ0) is 23.7. The summed E-state index contributed by atoms with van der Waals surface area (Å²) in [6.45, 7) is 0.526. The highest BCUT2D eigenvalue weighted by Crippen LogP contribution is 2.44. The first kappa shape index (κ1) is 22.1. The summed E-state index contributed by atoms with van der Waals surface area (Å²) in [4.78, 5) is 42.2. The molecule has 1 unspecified atom stereocenters. The number of fused-ring (bicyclic) bond motifs is 3. The molecular formula is C24H21N3O6S. The molecule has 0 saturated carbocycles. The smallest absolute Gasteiger partial charge is 0.413 e. The average molecular weight is 480 g/mol. The molecule has 10 heteroatoms. The number of morpholine rings is 1. The Balaban J connectivity index is 1.23. The van der Waals surface area contributed by atoms with Gasteiger partial charge in [0.2, 0.25) is 0 Å². The fourth-order valence-corrected chi connectivity index (χ4v) is 5.10. The van der Waals surface area contributed by atoms with Crippen LogP contribution in [0.1, 0.15) is 26.7 Å². The highest BCUT2D eigenvalue weighted by Gasteiger charge is 2.34. The van der Waals surface area contributed by atoms with E-state index in [0.717, 1.165) is 33.6 Å². The van der Waals surface area contributed by atoms with Crippen LogP contribution in [0.15, 0.2) is 54.7 Å². The number of thiazole rings is 1. The Morgan fingerprint density at radius 1 is 1.12 bits per heavy atom. The van der Waals surface area contributed by atoms with E-state index in [1.807, 2.05) is 36.4 Å². The largest absolute Gasteiger partial charge is 0.480 e. The summed E-state index contributed by atoms with van der Waals surface area (Å²) in [5, 5.41) is 12.1. The molecule has 2 aromatic carbocycles. The predicted octanol–water partition coefficient (Wildman–Crippen LogP) is 3.43. The maximum Gasteiger partial charge on any atom is 0.413 e. The van der Waals surface area contributed by atoms with Gasteiger partial charge in [0.15, 0.2) is 11.2 Å². The van der Waals surface area contributed by atoms with E-state index in [-0.39, 0.29) is 42.3 Å². The van der Waals surface area contributed by atoms with Gasteiger partial charge < -0.3 is 19.5 Å². The standard InChI is InChI=1S/C24H21N3O6S/c28-21(27-9-10-32-13-19(27)22(29)30)20-11-25-23(34-20)26-24(31)33-12-18-16-7-3-1-5-14(16)15-6-2-4-8-17(15)18/h1-8,11,18-19H,9-10,12-13H2,(H,29,30)(H,25,26,31). The molecule has 0 spiro atoms. The zero-order valence-electron chi connectivity index (χ0n) is 18.0. The summed E-state index contributed by atoms with van der Waals surface area (Å²) < 4.78 is 10.7. The third-order valence-electron chi connectivity index (χ3n) is 5.94. The molecule has 2 heterocycles. The van der Waals surface area contributed by atoms with Crippen LogP contribution in [0, 0.1) is 0 Å². The second-order valence-corrected chi connectivity index (χ2v) is 8.94. The van der Waals surface area contributed by atoms with Gasteiger partial charge in [-0.3, -0.25) is 10.1 Å². The van der Waals surface area contributed by atoms with Crippen molar-refractivity contribution in [3.8, 4) is 11.1 Å². The summed E-state index contributed by atoms with van der Waals surface area (Å²) in [5.41, 5.74) is 4.49. The number of ether oxygens (including phenoxy) is 2. The fourth-order valence-electron chi connectivity index (χ4n) is 4.35. The number of hydrogen-bond donors (Lipinski definition) is 2. The van der Waals surface area contributed by atoms with E-state index in [4.69, 9.17) is 9.47 Å². The molecule has 9 nitrogen and oxygen atoms in total. The summed E-state index contributed by atoms with van der Waals surface area (Å²) in [6.07, 6.45) is 0.644. The van der Waals surface area contributed by atoms with Crippen LogP contribution in [-0.4, -0.2) is 65.4 Å². The minimum absolute atomic E-state index is 0.0647. The molecule has 2 N–H and O–H groups in total. The van der Waals surface area contributed by atoms with E-state index in [1.54, 1.807) is 0 Å². The molecule has 0 bridgehead atoms. The van der Waals surface area contributed by atoms with Crippen LogP contribution in [-0.2, 0) is 14.3 Å². The summed E-state index contributed by atoms with van der Waals surface area (Å²) >= 11 is 0.964. The molecule has 2 aliphatic rings. The first-order valence-corrected chi connectivity index (χ1v) is 11.5. The van der Waals surface area contributed by atoms with E-state index >= 15 is 0 Å². The molecule has 5 rings (SSSR count). The fraction of sp³-hybridized carbons (Fsp3) is 0.250. The lowest BCUT2D eigenvalue weighted by Crippen LogP contribution is -2.52. The molecule has 1 aliphatic carbocycles. The number of aromatic nitrogens is 1. The Morgan fingerprint density at radius 2 is 1.79 bits per heavy atom. The molecule has 1 fully saturated rings. The second-order valence-electron chi connectivity index (χ2n) is 7.91. The Morgan fingerprint density at radius 3 is 2.47 bits per heavy atom. The number of carboxylic acid groups (broad SMARTS) is 1. The minimum Gasteiger partial charge on any atom is -0.480 e. The zero-order valence-corrected chi connectivity index (χ0v) is 18.8. The lowest BCUT2D eigenvalue weighted by molar-refractivity contribution is -0.147.